The maximum Gasteiger partial charge on any atom is 0.320 e. The van der Waals surface area contributed by atoms with Crippen molar-refractivity contribution < 1.29 is 22.6 Å². The van der Waals surface area contributed by atoms with E-state index in [0.717, 1.165) is 56.6 Å². The lowest BCUT2D eigenvalue weighted by Crippen LogP contribution is -2.37. The van der Waals surface area contributed by atoms with Crippen molar-refractivity contribution in [3.63, 3.8) is 0 Å². The van der Waals surface area contributed by atoms with Crippen molar-refractivity contribution in [1.82, 2.24) is 19.7 Å². The molecule has 30 heavy (non-hydrogen) atoms. The van der Waals surface area contributed by atoms with Crippen LogP contribution in [0.4, 0.5) is 13.2 Å². The first-order valence-corrected chi connectivity index (χ1v) is 10.2. The van der Waals surface area contributed by atoms with Gasteiger partial charge in [-0.15, -0.1) is 5.10 Å². The van der Waals surface area contributed by atoms with Crippen LogP contribution >= 0.6 is 0 Å². The zero-order valence-corrected chi connectivity index (χ0v) is 16.6. The normalized spacial score (nSPS) is 18.3. The third-order valence-corrected chi connectivity index (χ3v) is 5.46. The van der Waals surface area contributed by atoms with Gasteiger partial charge in [0.15, 0.2) is 0 Å². The zero-order valence-electron chi connectivity index (χ0n) is 16.6. The number of ether oxygens (including phenoxy) is 2. The van der Waals surface area contributed by atoms with Crippen LogP contribution in [0.25, 0.3) is 5.69 Å². The van der Waals surface area contributed by atoms with Crippen LogP contribution in [0.3, 0.4) is 0 Å². The number of rotatable bonds is 7. The van der Waals surface area contributed by atoms with Crippen LogP contribution in [0.15, 0.2) is 36.1 Å². The molecular formula is C21H25F3N4O2. The Morgan fingerprint density at radius 2 is 2.00 bits per heavy atom. The fraction of sp³-hybridized carbons (Fsp3) is 0.524. The van der Waals surface area contributed by atoms with Crippen molar-refractivity contribution in [2.45, 2.75) is 32.1 Å². The van der Waals surface area contributed by atoms with Crippen molar-refractivity contribution in [3.8, 4) is 11.7 Å². The fourth-order valence-electron chi connectivity index (χ4n) is 3.80. The molecule has 6 nitrogen and oxygen atoms in total. The van der Waals surface area contributed by atoms with E-state index < -0.39 is 18.1 Å². The molecule has 0 saturated carbocycles. The minimum Gasteiger partial charge on any atom is -0.501 e. The van der Waals surface area contributed by atoms with Crippen LogP contribution in [0.2, 0.25) is 0 Å². The third kappa shape index (κ3) is 4.95. The molecule has 4 rings (SSSR count). The molecule has 162 valence electrons. The Morgan fingerprint density at radius 1 is 1.20 bits per heavy atom. The summed E-state index contributed by atoms with van der Waals surface area (Å²) in [4.78, 5) is 6.18. The first-order chi connectivity index (χ1) is 14.6. The van der Waals surface area contributed by atoms with Gasteiger partial charge in [0.2, 0.25) is 5.82 Å². The Hall–Kier alpha value is -2.55. The monoisotopic (exact) mass is 422 g/mol. The molecule has 0 spiro atoms. The maximum atomic E-state index is 14.1. The Bertz CT molecular complexity index is 879. The van der Waals surface area contributed by atoms with Crippen molar-refractivity contribution in [3.05, 3.63) is 47.7 Å². The molecule has 1 fully saturated rings. The van der Waals surface area contributed by atoms with E-state index in [1.54, 1.807) is 6.07 Å². The van der Waals surface area contributed by atoms with Gasteiger partial charge in [-0.05, 0) is 62.4 Å². The van der Waals surface area contributed by atoms with Crippen LogP contribution in [0.1, 0.15) is 37.9 Å². The van der Waals surface area contributed by atoms with Gasteiger partial charge in [-0.2, -0.15) is 9.67 Å². The van der Waals surface area contributed by atoms with Gasteiger partial charge in [-0.1, -0.05) is 12.1 Å². The van der Waals surface area contributed by atoms with Crippen molar-refractivity contribution >= 4 is 0 Å². The summed E-state index contributed by atoms with van der Waals surface area (Å²) in [5.74, 6) is -0.980. The topological polar surface area (TPSA) is 52.4 Å². The number of halogens is 3. The van der Waals surface area contributed by atoms with Gasteiger partial charge in [0.25, 0.3) is 6.43 Å². The van der Waals surface area contributed by atoms with Gasteiger partial charge in [-0.3, -0.25) is 4.90 Å². The zero-order chi connectivity index (χ0) is 20.9. The van der Waals surface area contributed by atoms with E-state index in [-0.39, 0.29) is 17.6 Å². The van der Waals surface area contributed by atoms with E-state index in [1.165, 1.54) is 23.8 Å². The number of aromatic nitrogens is 3. The molecule has 1 aromatic heterocycles. The SMILES string of the molecule is Fc1ccccc1-n1nc(C(F)F)nc1OCC1CCN(CC2=COCCC2)CC1. The van der Waals surface area contributed by atoms with E-state index >= 15 is 0 Å². The lowest BCUT2D eigenvalue weighted by Gasteiger charge is -2.32. The summed E-state index contributed by atoms with van der Waals surface area (Å²) in [5.41, 5.74) is 1.36. The lowest BCUT2D eigenvalue weighted by atomic mass is 9.97. The maximum absolute atomic E-state index is 14.1. The number of nitrogens with zero attached hydrogens (tertiary/aromatic N) is 4. The van der Waals surface area contributed by atoms with Crippen LogP contribution in [0.5, 0.6) is 6.01 Å². The number of hydrogen-bond acceptors (Lipinski definition) is 5. The molecule has 0 amide bonds. The quantitative estimate of drug-likeness (QED) is 0.672. The van der Waals surface area contributed by atoms with Gasteiger partial charge in [0.05, 0.1) is 19.5 Å². The molecule has 0 atom stereocenters. The highest BCUT2D eigenvalue weighted by molar-refractivity contribution is 5.34. The lowest BCUT2D eigenvalue weighted by molar-refractivity contribution is 0.134. The summed E-state index contributed by atoms with van der Waals surface area (Å²) in [6.07, 6.45) is 3.05. The largest absolute Gasteiger partial charge is 0.501 e. The van der Waals surface area contributed by atoms with Crippen LogP contribution in [0, 0.1) is 11.7 Å². The summed E-state index contributed by atoms with van der Waals surface area (Å²) in [6, 6.07) is 5.71. The number of piperidine rings is 1. The molecule has 9 heteroatoms. The van der Waals surface area contributed by atoms with E-state index in [9.17, 15) is 13.2 Å². The van der Waals surface area contributed by atoms with E-state index in [4.69, 9.17) is 9.47 Å². The minimum atomic E-state index is -2.86. The Morgan fingerprint density at radius 3 is 2.70 bits per heavy atom. The average molecular weight is 422 g/mol. The van der Waals surface area contributed by atoms with Gasteiger partial charge in [0.1, 0.15) is 11.5 Å². The smallest absolute Gasteiger partial charge is 0.320 e. The van der Waals surface area contributed by atoms with Crippen LogP contribution in [-0.2, 0) is 4.74 Å². The predicted octanol–water partition coefficient (Wildman–Crippen LogP) is 4.13. The van der Waals surface area contributed by atoms with Crippen molar-refractivity contribution in [2.24, 2.45) is 5.92 Å². The van der Waals surface area contributed by atoms with Crippen LogP contribution in [-0.4, -0.2) is 52.5 Å². The molecule has 0 bridgehead atoms. The van der Waals surface area contributed by atoms with Gasteiger partial charge in [-0.25, -0.2) is 13.2 Å². The summed E-state index contributed by atoms with van der Waals surface area (Å²) >= 11 is 0. The Balaban J connectivity index is 1.36. The average Bonchev–Trinajstić information content (AvgIpc) is 3.19. The summed E-state index contributed by atoms with van der Waals surface area (Å²) in [6.45, 7) is 3.93. The number of likely N-dealkylation sites (tertiary alicyclic amines) is 1. The van der Waals surface area contributed by atoms with E-state index in [0.29, 0.717) is 6.61 Å². The first-order valence-electron chi connectivity index (χ1n) is 10.2. The molecule has 1 aromatic carbocycles. The summed E-state index contributed by atoms with van der Waals surface area (Å²) in [5, 5.41) is 3.75. The number of alkyl halides is 2. The molecular weight excluding hydrogens is 397 g/mol. The predicted molar refractivity (Wildman–Crippen MR) is 104 cm³/mol. The second-order valence-corrected chi connectivity index (χ2v) is 7.70. The van der Waals surface area contributed by atoms with Crippen molar-refractivity contribution in [2.75, 3.05) is 32.8 Å². The molecule has 0 aliphatic carbocycles. The van der Waals surface area contributed by atoms with Gasteiger partial charge >= 0.3 is 6.01 Å². The third-order valence-electron chi connectivity index (χ3n) is 5.46. The van der Waals surface area contributed by atoms with Crippen molar-refractivity contribution in [1.29, 1.82) is 0 Å². The molecule has 1 saturated heterocycles. The Kier molecular flexibility index (Phi) is 6.56. The molecule has 0 radical (unpaired) electrons. The first kappa shape index (κ1) is 20.7. The Labute approximate surface area is 173 Å². The number of hydrogen-bond donors (Lipinski definition) is 0. The summed E-state index contributed by atoms with van der Waals surface area (Å²) in [7, 11) is 0. The van der Waals surface area contributed by atoms with Crippen LogP contribution < -0.4 is 4.74 Å². The fourth-order valence-corrected chi connectivity index (χ4v) is 3.80. The molecule has 2 aliphatic rings. The number of benzene rings is 1. The highest BCUT2D eigenvalue weighted by Crippen LogP contribution is 2.25. The molecule has 2 aromatic rings. The van der Waals surface area contributed by atoms with Gasteiger partial charge in [0, 0.05) is 6.54 Å². The second-order valence-electron chi connectivity index (χ2n) is 7.70. The molecule has 3 heterocycles. The highest BCUT2D eigenvalue weighted by Gasteiger charge is 2.24. The molecule has 0 unspecified atom stereocenters. The number of para-hydroxylation sites is 1. The van der Waals surface area contributed by atoms with Gasteiger partial charge < -0.3 is 9.47 Å². The minimum absolute atomic E-state index is 0.0321. The second kappa shape index (κ2) is 9.51. The van der Waals surface area contributed by atoms with E-state index in [1.807, 2.05) is 6.26 Å². The molecule has 0 N–H and O–H groups in total. The standard InChI is InChI=1S/C21H25F3N4O2/c22-17-5-1-2-6-18(17)28-21(25-20(26-28)19(23)24)30-14-15-7-9-27(10-8-15)12-16-4-3-11-29-13-16/h1-2,5-6,13,15,19H,3-4,7-12,14H2. The summed E-state index contributed by atoms with van der Waals surface area (Å²) < 4.78 is 52.5. The highest BCUT2D eigenvalue weighted by atomic mass is 19.3. The van der Waals surface area contributed by atoms with E-state index in [2.05, 4.69) is 15.0 Å². The molecule has 2 aliphatic heterocycles.